The molecule has 2 aliphatic heterocycles. The van der Waals surface area contributed by atoms with Crippen LogP contribution in [0.25, 0.3) is 5.70 Å². The molecule has 0 saturated carbocycles. The summed E-state index contributed by atoms with van der Waals surface area (Å²) >= 11 is 3.46. The fraction of sp³-hybridized carbons (Fsp3) is 0.182. The molecular formula is C22H18BrN5O3. The van der Waals surface area contributed by atoms with Crippen molar-refractivity contribution in [3.8, 4) is 5.75 Å². The molecule has 8 nitrogen and oxygen atoms in total. The van der Waals surface area contributed by atoms with Gasteiger partial charge in [0.25, 0.3) is 5.95 Å². The molecule has 1 saturated heterocycles. The van der Waals surface area contributed by atoms with Gasteiger partial charge >= 0.3 is 0 Å². The maximum absolute atomic E-state index is 12.2. The van der Waals surface area contributed by atoms with E-state index in [-0.39, 0.29) is 36.6 Å². The van der Waals surface area contributed by atoms with Crippen molar-refractivity contribution in [1.29, 1.82) is 0 Å². The Morgan fingerprint density at radius 1 is 1.03 bits per heavy atom. The molecule has 1 fully saturated rings. The molecule has 0 aliphatic carbocycles. The second-order valence-electron chi connectivity index (χ2n) is 7.23. The number of carbonyl (C=O) groups is 2. The highest BCUT2D eigenvalue weighted by atomic mass is 79.9. The van der Waals surface area contributed by atoms with E-state index in [1.54, 1.807) is 11.8 Å². The van der Waals surface area contributed by atoms with Crippen LogP contribution in [0.15, 0.2) is 59.1 Å². The van der Waals surface area contributed by atoms with E-state index in [0.29, 0.717) is 5.95 Å². The molecule has 9 heteroatoms. The summed E-state index contributed by atoms with van der Waals surface area (Å²) in [4.78, 5) is 30.0. The van der Waals surface area contributed by atoms with Gasteiger partial charge in [0.05, 0.1) is 7.11 Å². The van der Waals surface area contributed by atoms with Crippen molar-refractivity contribution in [2.24, 2.45) is 0 Å². The van der Waals surface area contributed by atoms with Crippen molar-refractivity contribution in [1.82, 2.24) is 14.8 Å². The molecule has 0 bridgehead atoms. The van der Waals surface area contributed by atoms with E-state index in [0.717, 1.165) is 31.9 Å². The lowest BCUT2D eigenvalue weighted by molar-refractivity contribution is -0.121. The van der Waals surface area contributed by atoms with Gasteiger partial charge in [-0.2, -0.15) is 4.98 Å². The number of nitrogens with one attached hydrogen (secondary N) is 1. The molecule has 2 aliphatic rings. The summed E-state index contributed by atoms with van der Waals surface area (Å²) in [6.45, 7) is 0. The molecule has 2 aromatic carbocycles. The molecule has 156 valence electrons. The Hall–Kier alpha value is -3.46. The van der Waals surface area contributed by atoms with Crippen LogP contribution in [0.2, 0.25) is 0 Å². The van der Waals surface area contributed by atoms with Crippen molar-refractivity contribution in [3.63, 3.8) is 0 Å². The van der Waals surface area contributed by atoms with Crippen molar-refractivity contribution in [3.05, 3.63) is 70.2 Å². The number of carbonyl (C=O) groups excluding carboxylic acids is 2. The van der Waals surface area contributed by atoms with E-state index in [2.05, 4.69) is 31.3 Å². The van der Waals surface area contributed by atoms with Crippen LogP contribution in [0.4, 0.5) is 11.9 Å². The summed E-state index contributed by atoms with van der Waals surface area (Å²) in [6.07, 6.45) is 2.41. The first-order valence-corrected chi connectivity index (χ1v) is 10.5. The number of ether oxygens (including phenoxy) is 1. The first kappa shape index (κ1) is 19.5. The monoisotopic (exact) mass is 479 g/mol. The summed E-state index contributed by atoms with van der Waals surface area (Å²) in [7, 11) is 1.62. The molecule has 5 rings (SSSR count). The molecule has 1 atom stereocenters. The number of anilines is 2. The van der Waals surface area contributed by atoms with Crippen molar-refractivity contribution in [2.45, 2.75) is 18.9 Å². The Kier molecular flexibility index (Phi) is 4.82. The van der Waals surface area contributed by atoms with Crippen LogP contribution < -0.4 is 15.0 Å². The lowest BCUT2D eigenvalue weighted by Crippen LogP contribution is -2.29. The summed E-state index contributed by atoms with van der Waals surface area (Å²) in [5.41, 5.74) is 2.80. The summed E-state index contributed by atoms with van der Waals surface area (Å²) in [5, 5.41) is 7.81. The van der Waals surface area contributed by atoms with Gasteiger partial charge in [0, 0.05) is 23.0 Å². The topological polar surface area (TPSA) is 89.3 Å². The Morgan fingerprint density at radius 2 is 1.71 bits per heavy atom. The minimum absolute atomic E-state index is 0.0963. The molecule has 3 aromatic rings. The Bertz CT molecular complexity index is 1180. The van der Waals surface area contributed by atoms with E-state index < -0.39 is 0 Å². The molecule has 0 radical (unpaired) electrons. The van der Waals surface area contributed by atoms with Gasteiger partial charge in [-0.3, -0.25) is 9.59 Å². The van der Waals surface area contributed by atoms with Crippen LogP contribution in [-0.2, 0) is 9.59 Å². The zero-order valence-electron chi connectivity index (χ0n) is 16.6. The number of hydrogen-bond donors (Lipinski definition) is 1. The van der Waals surface area contributed by atoms with E-state index in [9.17, 15) is 9.59 Å². The third-order valence-electron chi connectivity index (χ3n) is 5.32. The number of rotatable bonds is 4. The highest BCUT2D eigenvalue weighted by molar-refractivity contribution is 9.10. The zero-order valence-corrected chi connectivity index (χ0v) is 18.2. The molecule has 1 aromatic heterocycles. The third-order valence-corrected chi connectivity index (χ3v) is 5.85. The number of methoxy groups -OCH3 is 1. The van der Waals surface area contributed by atoms with Crippen LogP contribution in [0.5, 0.6) is 5.75 Å². The van der Waals surface area contributed by atoms with Crippen molar-refractivity contribution < 1.29 is 14.3 Å². The van der Waals surface area contributed by atoms with Gasteiger partial charge in [-0.25, -0.2) is 9.58 Å². The van der Waals surface area contributed by atoms with Crippen LogP contribution in [0, 0.1) is 0 Å². The molecular weight excluding hydrogens is 462 g/mol. The van der Waals surface area contributed by atoms with Gasteiger partial charge in [-0.1, -0.05) is 40.2 Å². The van der Waals surface area contributed by atoms with Gasteiger partial charge in [0.15, 0.2) is 0 Å². The van der Waals surface area contributed by atoms with Gasteiger partial charge in [-0.05, 0) is 41.5 Å². The maximum Gasteiger partial charge on any atom is 0.260 e. The van der Waals surface area contributed by atoms with Gasteiger partial charge < -0.3 is 10.1 Å². The number of hydrogen-bond acceptors (Lipinski definition) is 6. The second-order valence-corrected chi connectivity index (χ2v) is 8.15. The number of fused-ring (bicyclic) bond motifs is 1. The van der Waals surface area contributed by atoms with Gasteiger partial charge in [0.1, 0.15) is 11.8 Å². The second kappa shape index (κ2) is 7.66. The summed E-state index contributed by atoms with van der Waals surface area (Å²) in [6, 6.07) is 15.3. The quantitative estimate of drug-likeness (QED) is 0.573. The normalized spacial score (nSPS) is 17.9. The smallest absolute Gasteiger partial charge is 0.260 e. The standard InChI is InChI=1S/C22H18BrN5O3/c1-31-16-8-4-14(5-9-16)18-12-17(13-2-6-15(23)7-3-13)24-21-25-22(26-28(18)21)27-19(29)10-11-20(27)30/h2-9,12,18H,10-11H2,1H3,(H,24,25,26)/t18-/m1/s1. The van der Waals surface area contributed by atoms with E-state index in [4.69, 9.17) is 4.74 Å². The number of benzene rings is 2. The Balaban J connectivity index is 1.60. The molecule has 1 N–H and O–H groups in total. The molecule has 2 amide bonds. The number of halogens is 1. The van der Waals surface area contributed by atoms with Crippen molar-refractivity contribution >= 4 is 45.3 Å². The Labute approximate surface area is 186 Å². The van der Waals surface area contributed by atoms with E-state index in [1.807, 2.05) is 54.6 Å². The fourth-order valence-electron chi connectivity index (χ4n) is 3.71. The van der Waals surface area contributed by atoms with Crippen LogP contribution in [-0.4, -0.2) is 33.7 Å². The average Bonchev–Trinajstić information content (AvgIpc) is 3.35. The van der Waals surface area contributed by atoms with E-state index >= 15 is 0 Å². The Morgan fingerprint density at radius 3 is 2.35 bits per heavy atom. The SMILES string of the molecule is COc1ccc([C@H]2C=C(c3ccc(Br)cc3)Nc3nc(N4C(=O)CCC4=O)nn32)cc1. The minimum atomic E-state index is -0.283. The molecule has 0 spiro atoms. The largest absolute Gasteiger partial charge is 0.497 e. The number of nitrogens with zero attached hydrogens (tertiary/aromatic N) is 4. The van der Waals surface area contributed by atoms with Gasteiger partial charge in [0.2, 0.25) is 17.8 Å². The lowest BCUT2D eigenvalue weighted by atomic mass is 10.0. The first-order valence-electron chi connectivity index (χ1n) is 9.74. The van der Waals surface area contributed by atoms with E-state index in [1.165, 1.54) is 0 Å². The van der Waals surface area contributed by atoms with Crippen molar-refractivity contribution in [2.75, 3.05) is 17.3 Å². The fourth-order valence-corrected chi connectivity index (χ4v) is 3.98. The summed E-state index contributed by atoms with van der Waals surface area (Å²) < 4.78 is 7.95. The van der Waals surface area contributed by atoms with Crippen LogP contribution in [0.3, 0.4) is 0 Å². The molecule has 31 heavy (non-hydrogen) atoms. The van der Waals surface area contributed by atoms with Crippen LogP contribution >= 0.6 is 15.9 Å². The zero-order chi connectivity index (χ0) is 21.5. The number of imide groups is 1. The highest BCUT2D eigenvalue weighted by Gasteiger charge is 2.35. The predicted molar refractivity (Wildman–Crippen MR) is 119 cm³/mol. The number of aromatic nitrogens is 3. The first-order chi connectivity index (χ1) is 15.0. The predicted octanol–water partition coefficient (Wildman–Crippen LogP) is 3.76. The highest BCUT2D eigenvalue weighted by Crippen LogP contribution is 2.35. The lowest BCUT2D eigenvalue weighted by Gasteiger charge is -2.24. The molecule has 3 heterocycles. The number of allylic oxidation sites excluding steroid dienone is 1. The maximum atomic E-state index is 12.2. The minimum Gasteiger partial charge on any atom is -0.497 e. The third kappa shape index (κ3) is 3.50. The summed E-state index contributed by atoms with van der Waals surface area (Å²) in [5.74, 6) is 0.746. The number of amides is 2. The van der Waals surface area contributed by atoms with Gasteiger partial charge in [-0.15, -0.1) is 5.10 Å². The average molecular weight is 480 g/mol. The molecule has 0 unspecified atom stereocenters. The van der Waals surface area contributed by atoms with Crippen LogP contribution in [0.1, 0.15) is 30.0 Å².